The molecule has 0 heterocycles. The fraction of sp³-hybridized carbons (Fsp3) is 0.667. The Morgan fingerprint density at radius 1 is 0.278 bits per heavy atom. The van der Waals surface area contributed by atoms with Gasteiger partial charge < -0.3 is 0 Å². The van der Waals surface area contributed by atoms with E-state index < -0.39 is 0 Å². The van der Waals surface area contributed by atoms with Crippen molar-refractivity contribution in [2.45, 2.75) is 77.0 Å². The highest BCUT2D eigenvalue weighted by Crippen LogP contribution is 2.08. The van der Waals surface area contributed by atoms with Gasteiger partial charge in [-0.2, -0.15) is 0 Å². The van der Waals surface area contributed by atoms with E-state index in [-0.39, 0.29) is 0 Å². The van der Waals surface area contributed by atoms with E-state index in [1.165, 1.54) is 77.0 Å². The maximum absolute atomic E-state index is 2.38. The van der Waals surface area contributed by atoms with Crippen molar-refractivity contribution >= 4 is 0 Å². The lowest BCUT2D eigenvalue weighted by molar-refractivity contribution is 0.730. The Labute approximate surface area is 114 Å². The van der Waals surface area contributed by atoms with Gasteiger partial charge in [-0.05, 0) is 77.0 Å². The van der Waals surface area contributed by atoms with Gasteiger partial charge in [0.2, 0.25) is 0 Å². The first-order valence-corrected chi connectivity index (χ1v) is 7.95. The van der Waals surface area contributed by atoms with Crippen LogP contribution in [0.1, 0.15) is 77.0 Å². The lowest BCUT2D eigenvalue weighted by Crippen LogP contribution is -1.77. The van der Waals surface area contributed by atoms with Crippen molar-refractivity contribution in [1.29, 1.82) is 0 Å². The summed E-state index contributed by atoms with van der Waals surface area (Å²) in [5.74, 6) is 0. The van der Waals surface area contributed by atoms with Crippen LogP contribution in [0.5, 0.6) is 0 Å². The van der Waals surface area contributed by atoms with Crippen molar-refractivity contribution in [3.8, 4) is 0 Å². The molecule has 0 unspecified atom stereocenters. The maximum Gasteiger partial charge on any atom is -0.0351 e. The van der Waals surface area contributed by atoms with Gasteiger partial charge in [-0.3, -0.25) is 0 Å². The van der Waals surface area contributed by atoms with Crippen LogP contribution in [0.2, 0.25) is 0 Å². The summed E-state index contributed by atoms with van der Waals surface area (Å²) >= 11 is 0. The molecule has 0 bridgehead atoms. The molecule has 0 saturated heterocycles. The molecule has 0 aromatic rings. The highest BCUT2D eigenvalue weighted by molar-refractivity contribution is 4.86. The molecule has 102 valence electrons. The minimum atomic E-state index is 1.27. The summed E-state index contributed by atoms with van der Waals surface area (Å²) in [6.07, 6.45) is 30.0. The largest absolute Gasteiger partial charge is 0.0885 e. The van der Waals surface area contributed by atoms with Crippen LogP contribution in [0.4, 0.5) is 0 Å². The predicted octanol–water partition coefficient (Wildman–Crippen LogP) is 6.35. The summed E-state index contributed by atoms with van der Waals surface area (Å²) in [6, 6.07) is 0. The molecule has 0 nitrogen and oxygen atoms in total. The zero-order chi connectivity index (χ0) is 12.7. The van der Waals surface area contributed by atoms with Crippen molar-refractivity contribution in [2.24, 2.45) is 0 Å². The smallest absolute Gasteiger partial charge is 0.0351 e. The van der Waals surface area contributed by atoms with Gasteiger partial charge in [-0.25, -0.2) is 0 Å². The molecule has 0 aromatic heterocycles. The Balaban J connectivity index is 2.19. The summed E-state index contributed by atoms with van der Waals surface area (Å²) in [5.41, 5.74) is 0. The van der Waals surface area contributed by atoms with Crippen molar-refractivity contribution in [3.63, 3.8) is 0 Å². The summed E-state index contributed by atoms with van der Waals surface area (Å²) in [7, 11) is 0. The summed E-state index contributed by atoms with van der Waals surface area (Å²) in [4.78, 5) is 0. The Morgan fingerprint density at radius 2 is 0.444 bits per heavy atom. The van der Waals surface area contributed by atoms with E-state index in [0.29, 0.717) is 0 Å². The van der Waals surface area contributed by atoms with Gasteiger partial charge in [0.25, 0.3) is 0 Å². The standard InChI is InChI=1S/C18H30/c1-2-4-6-8-10-12-14-16-18-17-15-13-11-9-7-5-3-1/h1-2,11-14H,3-10,15-18H2/b2-1+,13-11+,14-12+. The first-order chi connectivity index (χ1) is 9.00. The monoisotopic (exact) mass is 246 g/mol. The Kier molecular flexibility index (Phi) is 10.8. The molecule has 0 saturated carbocycles. The molecule has 0 spiro atoms. The molecule has 0 aromatic carbocycles. The highest BCUT2D eigenvalue weighted by atomic mass is 13.9. The third-order valence-electron chi connectivity index (χ3n) is 3.47. The van der Waals surface area contributed by atoms with Crippen LogP contribution in [-0.2, 0) is 0 Å². The topological polar surface area (TPSA) is 0 Å². The zero-order valence-corrected chi connectivity index (χ0v) is 11.9. The van der Waals surface area contributed by atoms with Crippen molar-refractivity contribution in [3.05, 3.63) is 36.5 Å². The van der Waals surface area contributed by atoms with E-state index in [9.17, 15) is 0 Å². The Bertz CT molecular complexity index is 178. The molecular formula is C18H30. The third-order valence-corrected chi connectivity index (χ3v) is 3.47. The van der Waals surface area contributed by atoms with Gasteiger partial charge in [0, 0.05) is 0 Å². The van der Waals surface area contributed by atoms with Gasteiger partial charge in [0.1, 0.15) is 0 Å². The second kappa shape index (κ2) is 12.7. The van der Waals surface area contributed by atoms with Crippen molar-refractivity contribution in [2.75, 3.05) is 0 Å². The van der Waals surface area contributed by atoms with E-state index in [0.717, 1.165) is 0 Å². The quantitative estimate of drug-likeness (QED) is 0.437. The van der Waals surface area contributed by atoms with E-state index in [2.05, 4.69) is 36.5 Å². The second-order valence-corrected chi connectivity index (χ2v) is 5.27. The number of rotatable bonds is 0. The van der Waals surface area contributed by atoms with Crippen LogP contribution in [0.15, 0.2) is 36.5 Å². The maximum atomic E-state index is 2.38. The fourth-order valence-electron chi connectivity index (χ4n) is 2.28. The molecule has 0 N–H and O–H groups in total. The van der Waals surface area contributed by atoms with Gasteiger partial charge in [0.05, 0.1) is 0 Å². The lowest BCUT2D eigenvalue weighted by atomic mass is 10.1. The Hall–Kier alpha value is -0.780. The predicted molar refractivity (Wildman–Crippen MR) is 82.8 cm³/mol. The fourth-order valence-corrected chi connectivity index (χ4v) is 2.28. The van der Waals surface area contributed by atoms with Gasteiger partial charge in [-0.1, -0.05) is 36.5 Å². The van der Waals surface area contributed by atoms with Crippen LogP contribution in [-0.4, -0.2) is 0 Å². The first-order valence-electron chi connectivity index (χ1n) is 7.95. The van der Waals surface area contributed by atoms with Crippen molar-refractivity contribution in [1.82, 2.24) is 0 Å². The molecule has 1 aliphatic carbocycles. The molecule has 18 heavy (non-hydrogen) atoms. The second-order valence-electron chi connectivity index (χ2n) is 5.27. The van der Waals surface area contributed by atoms with Crippen LogP contribution in [0.3, 0.4) is 0 Å². The van der Waals surface area contributed by atoms with Gasteiger partial charge >= 0.3 is 0 Å². The van der Waals surface area contributed by atoms with Gasteiger partial charge in [-0.15, -0.1) is 0 Å². The Morgan fingerprint density at radius 3 is 0.611 bits per heavy atom. The van der Waals surface area contributed by atoms with Crippen LogP contribution >= 0.6 is 0 Å². The molecular weight excluding hydrogens is 216 g/mol. The first kappa shape index (κ1) is 15.3. The SMILES string of the molecule is C1=C/CCCC/C=C/CCCC/C=C/CCCC/1. The minimum absolute atomic E-state index is 1.27. The molecule has 1 rings (SSSR count). The molecule has 0 radical (unpaired) electrons. The van der Waals surface area contributed by atoms with E-state index >= 15 is 0 Å². The zero-order valence-electron chi connectivity index (χ0n) is 11.9. The average molecular weight is 246 g/mol. The third kappa shape index (κ3) is 10.4. The van der Waals surface area contributed by atoms with Crippen LogP contribution in [0.25, 0.3) is 0 Å². The molecule has 0 atom stereocenters. The molecule has 1 aliphatic rings. The normalized spacial score (nSPS) is 26.7. The number of allylic oxidation sites excluding steroid dienone is 6. The summed E-state index contributed by atoms with van der Waals surface area (Å²) in [6.45, 7) is 0. The summed E-state index contributed by atoms with van der Waals surface area (Å²) in [5, 5.41) is 0. The van der Waals surface area contributed by atoms with E-state index in [1.54, 1.807) is 0 Å². The van der Waals surface area contributed by atoms with Crippen molar-refractivity contribution < 1.29 is 0 Å². The van der Waals surface area contributed by atoms with E-state index in [4.69, 9.17) is 0 Å². The van der Waals surface area contributed by atoms with E-state index in [1.807, 2.05) is 0 Å². The molecule has 0 heteroatoms. The van der Waals surface area contributed by atoms with Crippen LogP contribution in [0, 0.1) is 0 Å². The number of hydrogen-bond donors (Lipinski definition) is 0. The number of hydrogen-bond acceptors (Lipinski definition) is 0. The molecule has 0 amide bonds. The minimum Gasteiger partial charge on any atom is -0.0885 e. The highest BCUT2D eigenvalue weighted by Gasteiger charge is 1.88. The average Bonchev–Trinajstić information content (AvgIpc) is 2.39. The van der Waals surface area contributed by atoms with Crippen LogP contribution < -0.4 is 0 Å². The van der Waals surface area contributed by atoms with Gasteiger partial charge in [0.15, 0.2) is 0 Å². The molecule has 0 aliphatic heterocycles. The summed E-state index contributed by atoms with van der Waals surface area (Å²) < 4.78 is 0. The molecule has 0 fully saturated rings. The lowest BCUT2D eigenvalue weighted by Gasteiger charge is -1.97.